The van der Waals surface area contributed by atoms with Crippen molar-refractivity contribution in [2.45, 2.75) is 0 Å². The highest BCUT2D eigenvalue weighted by atomic mass is 15.0. The second-order valence-electron chi connectivity index (χ2n) is 14.1. The molecule has 0 aliphatic rings. The predicted octanol–water partition coefficient (Wildman–Crippen LogP) is 13.2. The molecule has 10 aromatic rings. The number of aromatic nitrogens is 5. The molecule has 0 bridgehead atoms. The Balaban J connectivity index is 1.12. The SMILES string of the molecule is c1ccc(-c2cc(-c3ccc(-c4ccccc4-c4c(-c5nc(-c6ccccc6)nc(-c6ccccc6)n5)ccc5ccccc45)cc3)nc(-c3ccccc3)n2)cc1. The molecule has 0 aliphatic carbocycles. The summed E-state index contributed by atoms with van der Waals surface area (Å²) >= 11 is 0. The average molecular weight is 742 g/mol. The lowest BCUT2D eigenvalue weighted by Gasteiger charge is -2.18. The number of benzene rings is 8. The van der Waals surface area contributed by atoms with Crippen LogP contribution in [0.5, 0.6) is 0 Å². The molecule has 272 valence electrons. The van der Waals surface area contributed by atoms with Crippen LogP contribution in [0.3, 0.4) is 0 Å². The molecule has 0 aliphatic heterocycles. The van der Waals surface area contributed by atoms with Gasteiger partial charge in [0.15, 0.2) is 23.3 Å². The third-order valence-electron chi connectivity index (χ3n) is 10.4. The van der Waals surface area contributed by atoms with Gasteiger partial charge in [0.1, 0.15) is 0 Å². The molecule has 5 nitrogen and oxygen atoms in total. The van der Waals surface area contributed by atoms with E-state index in [1.165, 1.54) is 0 Å². The molecule has 0 unspecified atom stereocenters. The van der Waals surface area contributed by atoms with Crippen molar-refractivity contribution in [3.05, 3.63) is 212 Å². The van der Waals surface area contributed by atoms with E-state index in [0.717, 1.165) is 77.8 Å². The van der Waals surface area contributed by atoms with Gasteiger partial charge in [0.25, 0.3) is 0 Å². The molecule has 0 saturated heterocycles. The van der Waals surface area contributed by atoms with E-state index in [9.17, 15) is 0 Å². The van der Waals surface area contributed by atoms with Crippen molar-refractivity contribution in [3.8, 4) is 90.3 Å². The number of rotatable bonds is 8. The molecule has 0 amide bonds. The molecule has 0 N–H and O–H groups in total. The zero-order valence-electron chi connectivity index (χ0n) is 31.4. The van der Waals surface area contributed by atoms with Gasteiger partial charge in [0.05, 0.1) is 11.4 Å². The summed E-state index contributed by atoms with van der Waals surface area (Å²) in [6.45, 7) is 0. The summed E-state index contributed by atoms with van der Waals surface area (Å²) in [5, 5.41) is 2.26. The Morgan fingerprint density at radius 1 is 0.241 bits per heavy atom. The van der Waals surface area contributed by atoms with E-state index < -0.39 is 0 Å². The molecule has 8 aromatic carbocycles. The van der Waals surface area contributed by atoms with E-state index in [1.54, 1.807) is 0 Å². The minimum atomic E-state index is 0.616. The Kier molecular flexibility index (Phi) is 9.14. The molecule has 58 heavy (non-hydrogen) atoms. The van der Waals surface area contributed by atoms with Crippen LogP contribution in [0.15, 0.2) is 212 Å². The summed E-state index contributed by atoms with van der Waals surface area (Å²) < 4.78 is 0. The second kappa shape index (κ2) is 15.3. The molecule has 0 fully saturated rings. The molecular weight excluding hydrogens is 707 g/mol. The summed E-state index contributed by atoms with van der Waals surface area (Å²) in [5.74, 6) is 2.57. The first-order chi connectivity index (χ1) is 28.7. The standard InChI is InChI=1S/C53H35N5/c1-5-18-38(19-6-1)47-35-48(55-50(54-47)40-20-7-2-8-21-40)39-31-29-37(30-32-39)43-26-15-16-28-45(43)49-44-27-14-13-17-36(44)33-34-46(49)53-57-51(41-22-9-3-10-23-41)56-52(58-53)42-24-11-4-12-25-42/h1-35H. The van der Waals surface area contributed by atoms with E-state index in [2.05, 4.69) is 115 Å². The van der Waals surface area contributed by atoms with E-state index in [1.807, 2.05) is 97.1 Å². The maximum atomic E-state index is 5.16. The van der Waals surface area contributed by atoms with Gasteiger partial charge < -0.3 is 0 Å². The first kappa shape index (κ1) is 34.6. The van der Waals surface area contributed by atoms with E-state index in [4.69, 9.17) is 24.9 Å². The number of hydrogen-bond acceptors (Lipinski definition) is 5. The van der Waals surface area contributed by atoms with E-state index in [-0.39, 0.29) is 0 Å². The summed E-state index contributed by atoms with van der Waals surface area (Å²) in [6.07, 6.45) is 0. The van der Waals surface area contributed by atoms with Crippen LogP contribution in [-0.2, 0) is 0 Å². The number of nitrogens with zero attached hydrogens (tertiary/aromatic N) is 5. The lowest BCUT2D eigenvalue weighted by Crippen LogP contribution is -2.01. The molecule has 2 heterocycles. The monoisotopic (exact) mass is 741 g/mol. The third-order valence-corrected chi connectivity index (χ3v) is 10.4. The Morgan fingerprint density at radius 3 is 1.22 bits per heavy atom. The molecule has 0 atom stereocenters. The molecule has 2 aromatic heterocycles. The van der Waals surface area contributed by atoms with Gasteiger partial charge in [-0.15, -0.1) is 0 Å². The fourth-order valence-electron chi connectivity index (χ4n) is 7.52. The summed E-state index contributed by atoms with van der Waals surface area (Å²) in [5.41, 5.74) is 11.9. The van der Waals surface area contributed by atoms with Crippen molar-refractivity contribution in [1.82, 2.24) is 24.9 Å². The van der Waals surface area contributed by atoms with Gasteiger partial charge in [0, 0.05) is 38.9 Å². The molecule has 10 rings (SSSR count). The van der Waals surface area contributed by atoms with Crippen molar-refractivity contribution < 1.29 is 0 Å². The molecule has 0 radical (unpaired) electrons. The first-order valence-corrected chi connectivity index (χ1v) is 19.3. The van der Waals surface area contributed by atoms with Crippen LogP contribution in [0.25, 0.3) is 101 Å². The van der Waals surface area contributed by atoms with Gasteiger partial charge in [0.2, 0.25) is 0 Å². The zero-order chi connectivity index (χ0) is 38.7. The zero-order valence-corrected chi connectivity index (χ0v) is 31.4. The fraction of sp³-hybridized carbons (Fsp3) is 0. The molecule has 0 saturated carbocycles. The van der Waals surface area contributed by atoms with Crippen LogP contribution < -0.4 is 0 Å². The lowest BCUT2D eigenvalue weighted by molar-refractivity contribution is 1.07. The summed E-state index contributed by atoms with van der Waals surface area (Å²) in [6, 6.07) is 72.9. The van der Waals surface area contributed by atoms with E-state index in [0.29, 0.717) is 23.3 Å². The minimum Gasteiger partial charge on any atom is -0.228 e. The Labute approximate surface area is 337 Å². The van der Waals surface area contributed by atoms with Crippen molar-refractivity contribution in [2.75, 3.05) is 0 Å². The smallest absolute Gasteiger partial charge is 0.164 e. The molecule has 5 heteroatoms. The van der Waals surface area contributed by atoms with Gasteiger partial charge in [-0.25, -0.2) is 24.9 Å². The Hall–Kier alpha value is -7.89. The van der Waals surface area contributed by atoms with Crippen LogP contribution in [0.1, 0.15) is 0 Å². The quantitative estimate of drug-likeness (QED) is 0.155. The van der Waals surface area contributed by atoms with Crippen LogP contribution >= 0.6 is 0 Å². The van der Waals surface area contributed by atoms with Crippen LogP contribution in [-0.4, -0.2) is 24.9 Å². The lowest BCUT2D eigenvalue weighted by atomic mass is 9.87. The maximum absolute atomic E-state index is 5.16. The minimum absolute atomic E-state index is 0.616. The topological polar surface area (TPSA) is 64.5 Å². The van der Waals surface area contributed by atoms with Crippen LogP contribution in [0.4, 0.5) is 0 Å². The van der Waals surface area contributed by atoms with Crippen molar-refractivity contribution in [3.63, 3.8) is 0 Å². The highest BCUT2D eigenvalue weighted by Gasteiger charge is 2.20. The highest BCUT2D eigenvalue weighted by Crippen LogP contribution is 2.42. The third kappa shape index (κ3) is 6.82. The van der Waals surface area contributed by atoms with E-state index >= 15 is 0 Å². The van der Waals surface area contributed by atoms with Gasteiger partial charge in [-0.3, -0.25) is 0 Å². The Bertz CT molecular complexity index is 2910. The summed E-state index contributed by atoms with van der Waals surface area (Å²) in [7, 11) is 0. The number of hydrogen-bond donors (Lipinski definition) is 0. The first-order valence-electron chi connectivity index (χ1n) is 19.3. The normalized spacial score (nSPS) is 11.1. The summed E-state index contributed by atoms with van der Waals surface area (Å²) in [4.78, 5) is 25.4. The van der Waals surface area contributed by atoms with Gasteiger partial charge in [-0.1, -0.05) is 200 Å². The number of fused-ring (bicyclic) bond motifs is 1. The van der Waals surface area contributed by atoms with Gasteiger partial charge in [-0.05, 0) is 39.6 Å². The Morgan fingerprint density at radius 2 is 0.655 bits per heavy atom. The molecular formula is C53H35N5. The predicted molar refractivity (Wildman–Crippen MR) is 236 cm³/mol. The van der Waals surface area contributed by atoms with Crippen molar-refractivity contribution in [1.29, 1.82) is 0 Å². The highest BCUT2D eigenvalue weighted by molar-refractivity contribution is 6.06. The largest absolute Gasteiger partial charge is 0.228 e. The van der Waals surface area contributed by atoms with Crippen LogP contribution in [0, 0.1) is 0 Å². The van der Waals surface area contributed by atoms with Crippen LogP contribution in [0.2, 0.25) is 0 Å². The fourth-order valence-corrected chi connectivity index (χ4v) is 7.52. The van der Waals surface area contributed by atoms with Gasteiger partial charge in [-0.2, -0.15) is 0 Å². The van der Waals surface area contributed by atoms with Crippen molar-refractivity contribution >= 4 is 10.8 Å². The molecule has 0 spiro atoms. The van der Waals surface area contributed by atoms with Crippen molar-refractivity contribution in [2.24, 2.45) is 0 Å². The van der Waals surface area contributed by atoms with Gasteiger partial charge >= 0.3 is 0 Å². The average Bonchev–Trinajstić information content (AvgIpc) is 3.32. The second-order valence-corrected chi connectivity index (χ2v) is 14.1. The maximum Gasteiger partial charge on any atom is 0.164 e.